The number of hydrogen-bond acceptors (Lipinski definition) is 9. The number of carbonyl (C=O) groups is 1. The first-order chi connectivity index (χ1) is 20.8. The van der Waals surface area contributed by atoms with Crippen LogP contribution in [-0.4, -0.2) is 93.1 Å². The average Bonchev–Trinajstić information content (AvgIpc) is 3.59. The van der Waals surface area contributed by atoms with Crippen LogP contribution in [0.25, 0.3) is 22.3 Å². The Hall–Kier alpha value is -4.21. The topological polar surface area (TPSA) is 118 Å². The number of nitrogens with zero attached hydrogens (tertiary/aromatic N) is 9. The Morgan fingerprint density at radius 3 is 2.56 bits per heavy atom. The minimum atomic E-state index is -0.370. The smallest absolute Gasteiger partial charge is 0.320 e. The van der Waals surface area contributed by atoms with E-state index in [4.69, 9.17) is 15.1 Å². The van der Waals surface area contributed by atoms with Crippen LogP contribution in [0.1, 0.15) is 30.2 Å². The highest BCUT2D eigenvalue weighted by Crippen LogP contribution is 2.43. The lowest BCUT2D eigenvalue weighted by Gasteiger charge is -2.55. The standard InChI is InChI=1S/C31H35N9O2S/c1-4-40-28(36(3)29-34-26(25(14-32)43-29)21-7-5-20(2)6-8-21)24-13-22(15-33-27(24)35-40)37-11-9-31(10-12-37)18-39(19-31)30(42)38-16-23(41)17-38/h5-8,13,15,23,41H,4,9-12,16-19H2,1-3H3. The number of rotatable bonds is 5. The van der Waals surface area contributed by atoms with Gasteiger partial charge in [0.05, 0.1) is 36.5 Å². The van der Waals surface area contributed by atoms with Crippen molar-refractivity contribution in [3.05, 3.63) is 47.0 Å². The highest BCUT2D eigenvalue weighted by Gasteiger charge is 2.48. The Labute approximate surface area is 254 Å². The number of thiazole rings is 1. The van der Waals surface area contributed by atoms with Gasteiger partial charge in [-0.15, -0.1) is 0 Å². The molecular formula is C31H35N9O2S. The number of amides is 2. The van der Waals surface area contributed by atoms with Crippen molar-refractivity contribution in [2.24, 2.45) is 5.41 Å². The first-order valence-electron chi connectivity index (χ1n) is 14.8. The number of aromatic nitrogens is 4. The molecule has 1 spiro atoms. The molecule has 1 N–H and O–H groups in total. The van der Waals surface area contributed by atoms with Crippen LogP contribution in [0.5, 0.6) is 0 Å². The number of hydrogen-bond donors (Lipinski definition) is 1. The SMILES string of the molecule is CCn1nc2ncc(N3CCC4(CC3)CN(C(=O)N3CC(O)C3)C4)cc2c1N(C)c1nc(-c2ccc(C)cc2)c(C#N)s1. The Morgan fingerprint density at radius 1 is 1.19 bits per heavy atom. The van der Waals surface area contributed by atoms with Gasteiger partial charge in [-0.05, 0) is 32.8 Å². The molecule has 3 saturated heterocycles. The zero-order chi connectivity index (χ0) is 29.9. The fourth-order valence-electron chi connectivity index (χ4n) is 6.53. The molecule has 3 aromatic heterocycles. The summed E-state index contributed by atoms with van der Waals surface area (Å²) < 4.78 is 1.95. The number of benzene rings is 1. The molecule has 0 radical (unpaired) electrons. The molecule has 0 bridgehead atoms. The van der Waals surface area contributed by atoms with Crippen LogP contribution in [0.15, 0.2) is 36.5 Å². The highest BCUT2D eigenvalue weighted by atomic mass is 32.1. The second kappa shape index (κ2) is 10.5. The van der Waals surface area contributed by atoms with E-state index in [2.05, 4.69) is 24.0 Å². The second-order valence-electron chi connectivity index (χ2n) is 12.1. The summed E-state index contributed by atoms with van der Waals surface area (Å²) in [6.07, 6.45) is 3.59. The molecule has 2 amide bonds. The monoisotopic (exact) mass is 597 g/mol. The van der Waals surface area contributed by atoms with E-state index in [1.807, 2.05) is 58.9 Å². The lowest BCUT2D eigenvalue weighted by atomic mass is 9.72. The molecule has 43 heavy (non-hydrogen) atoms. The van der Waals surface area contributed by atoms with Crippen LogP contribution in [0.2, 0.25) is 0 Å². The summed E-state index contributed by atoms with van der Waals surface area (Å²) in [5.74, 6) is 0.901. The van der Waals surface area contributed by atoms with Gasteiger partial charge in [0, 0.05) is 50.7 Å². The van der Waals surface area contributed by atoms with Crippen LogP contribution in [0.4, 0.5) is 21.4 Å². The maximum atomic E-state index is 12.6. The number of pyridine rings is 1. The number of aryl methyl sites for hydroxylation is 2. The van der Waals surface area contributed by atoms with Crippen molar-refractivity contribution in [3.8, 4) is 17.3 Å². The summed E-state index contributed by atoms with van der Waals surface area (Å²) in [5.41, 5.74) is 4.71. The molecule has 222 valence electrons. The second-order valence-corrected chi connectivity index (χ2v) is 13.1. The number of anilines is 3. The predicted molar refractivity (Wildman–Crippen MR) is 167 cm³/mol. The van der Waals surface area contributed by atoms with E-state index in [1.54, 1.807) is 4.90 Å². The van der Waals surface area contributed by atoms with Crippen molar-refractivity contribution in [1.82, 2.24) is 29.5 Å². The lowest BCUT2D eigenvalue weighted by Crippen LogP contribution is -2.67. The Kier molecular flexibility index (Phi) is 6.74. The van der Waals surface area contributed by atoms with E-state index >= 15 is 0 Å². The predicted octanol–water partition coefficient (Wildman–Crippen LogP) is 4.22. The van der Waals surface area contributed by atoms with Crippen molar-refractivity contribution in [3.63, 3.8) is 0 Å². The first-order valence-corrected chi connectivity index (χ1v) is 15.6. The fourth-order valence-corrected chi connectivity index (χ4v) is 7.38. The first kappa shape index (κ1) is 27.6. The van der Waals surface area contributed by atoms with Gasteiger partial charge in [-0.3, -0.25) is 0 Å². The number of carbonyl (C=O) groups excluding carboxylic acids is 1. The molecule has 0 saturated carbocycles. The van der Waals surface area contributed by atoms with Crippen molar-refractivity contribution >= 4 is 45.0 Å². The molecule has 4 aromatic rings. The van der Waals surface area contributed by atoms with Crippen LogP contribution in [-0.2, 0) is 6.54 Å². The van der Waals surface area contributed by atoms with E-state index in [9.17, 15) is 15.2 Å². The molecule has 0 aliphatic carbocycles. The van der Waals surface area contributed by atoms with Gasteiger partial charge in [0.25, 0.3) is 0 Å². The Bertz CT molecular complexity index is 1720. The van der Waals surface area contributed by atoms with Crippen LogP contribution in [0, 0.1) is 23.7 Å². The molecule has 3 aliphatic heterocycles. The number of fused-ring (bicyclic) bond motifs is 1. The fraction of sp³-hybridized carbons (Fsp3) is 0.452. The third kappa shape index (κ3) is 4.77. The van der Waals surface area contributed by atoms with Crippen LogP contribution >= 0.6 is 11.3 Å². The number of aliphatic hydroxyl groups is 1. The normalized spacial score (nSPS) is 18.1. The molecule has 1 aromatic carbocycles. The average molecular weight is 598 g/mol. The molecule has 0 unspecified atom stereocenters. The summed E-state index contributed by atoms with van der Waals surface area (Å²) in [5, 5.41) is 25.9. The highest BCUT2D eigenvalue weighted by molar-refractivity contribution is 7.16. The lowest BCUT2D eigenvalue weighted by molar-refractivity contribution is -0.0311. The number of likely N-dealkylation sites (tertiary alicyclic amines) is 2. The third-order valence-corrected chi connectivity index (χ3v) is 10.2. The van der Waals surface area contributed by atoms with Gasteiger partial charge in [-0.1, -0.05) is 41.2 Å². The van der Waals surface area contributed by atoms with Gasteiger partial charge in [0.1, 0.15) is 22.5 Å². The minimum Gasteiger partial charge on any atom is -0.389 e. The quantitative estimate of drug-likeness (QED) is 0.364. The molecular weight excluding hydrogens is 562 g/mol. The summed E-state index contributed by atoms with van der Waals surface area (Å²) in [6, 6.07) is 12.7. The van der Waals surface area contributed by atoms with E-state index in [0.717, 1.165) is 72.2 Å². The van der Waals surface area contributed by atoms with E-state index in [1.165, 1.54) is 11.3 Å². The van der Waals surface area contributed by atoms with Gasteiger partial charge in [0.2, 0.25) is 0 Å². The molecule has 11 nitrogen and oxygen atoms in total. The van der Waals surface area contributed by atoms with Crippen LogP contribution in [0.3, 0.4) is 0 Å². The summed E-state index contributed by atoms with van der Waals surface area (Å²) in [4.78, 5) is 30.9. The molecule has 12 heteroatoms. The number of aliphatic hydroxyl groups excluding tert-OH is 1. The Balaban J connectivity index is 1.11. The summed E-state index contributed by atoms with van der Waals surface area (Å²) in [7, 11) is 1.98. The van der Waals surface area contributed by atoms with Gasteiger partial charge in [0.15, 0.2) is 10.8 Å². The maximum absolute atomic E-state index is 12.6. The minimum absolute atomic E-state index is 0.0608. The number of β-amino-alcohol motifs (C(OH)–C–C–N with tert-alkyl or cyclic N) is 1. The Morgan fingerprint density at radius 2 is 1.91 bits per heavy atom. The van der Waals surface area contributed by atoms with Gasteiger partial charge < -0.3 is 24.7 Å². The molecule has 7 rings (SSSR count). The largest absolute Gasteiger partial charge is 0.389 e. The van der Waals surface area contributed by atoms with Gasteiger partial charge >= 0.3 is 6.03 Å². The van der Waals surface area contributed by atoms with Crippen LogP contribution < -0.4 is 9.80 Å². The number of nitriles is 1. The number of urea groups is 1. The van der Waals surface area contributed by atoms with Crippen molar-refractivity contribution in [2.75, 3.05) is 56.1 Å². The third-order valence-electron chi connectivity index (χ3n) is 9.14. The van der Waals surface area contributed by atoms with Gasteiger partial charge in [-0.25, -0.2) is 19.4 Å². The molecule has 3 fully saturated rings. The number of piperidine rings is 1. The zero-order valence-electron chi connectivity index (χ0n) is 24.7. The van der Waals surface area contributed by atoms with Gasteiger partial charge in [-0.2, -0.15) is 10.4 Å². The van der Waals surface area contributed by atoms with Crippen molar-refractivity contribution < 1.29 is 9.90 Å². The molecule has 3 aliphatic rings. The molecule has 6 heterocycles. The zero-order valence-corrected chi connectivity index (χ0v) is 25.5. The van der Waals surface area contributed by atoms with E-state index in [-0.39, 0.29) is 17.6 Å². The molecule has 0 atom stereocenters. The van der Waals surface area contributed by atoms with Crippen molar-refractivity contribution in [2.45, 2.75) is 39.3 Å². The summed E-state index contributed by atoms with van der Waals surface area (Å²) in [6.45, 7) is 9.08. The van der Waals surface area contributed by atoms with E-state index < -0.39 is 0 Å². The maximum Gasteiger partial charge on any atom is 0.320 e. The summed E-state index contributed by atoms with van der Waals surface area (Å²) >= 11 is 1.38. The van der Waals surface area contributed by atoms with E-state index in [0.29, 0.717) is 35.9 Å². The van der Waals surface area contributed by atoms with Crippen molar-refractivity contribution in [1.29, 1.82) is 5.26 Å².